The fourth-order valence-corrected chi connectivity index (χ4v) is 6.07. The van der Waals surface area contributed by atoms with E-state index in [9.17, 15) is 14.4 Å². The van der Waals surface area contributed by atoms with Gasteiger partial charge >= 0.3 is 11.8 Å². The summed E-state index contributed by atoms with van der Waals surface area (Å²) in [6, 6.07) is 17.2. The van der Waals surface area contributed by atoms with Gasteiger partial charge in [0.25, 0.3) is 5.91 Å². The molecule has 200 valence electrons. The number of hydrogen-bond donors (Lipinski definition) is 1. The molecule has 1 aliphatic heterocycles. The van der Waals surface area contributed by atoms with Crippen LogP contribution in [0.2, 0.25) is 5.02 Å². The molecule has 10 heteroatoms. The lowest BCUT2D eigenvalue weighted by molar-refractivity contribution is -0.144. The quantitative estimate of drug-likeness (QED) is 0.351. The zero-order chi connectivity index (χ0) is 27.2. The highest BCUT2D eigenvalue weighted by Crippen LogP contribution is 2.30. The van der Waals surface area contributed by atoms with E-state index in [0.29, 0.717) is 50.5 Å². The highest BCUT2D eigenvalue weighted by atomic mass is 79.9. The standard InChI is InChI=1S/C28H30BrClN4O3S/c1-3-33(4-2)27(36)23-10-8-21(17-24(23)30)31-26(35)28(37)34-14-12-32(13-15-34)18-22-9-11-25(38-22)19-6-5-7-20(29)16-19/h5-11,16-17H,3-4,12-15,18H2,1-2H3,(H,31,35). The van der Waals surface area contributed by atoms with Crippen LogP contribution in [0.3, 0.4) is 0 Å². The molecule has 0 saturated carbocycles. The first-order valence-corrected chi connectivity index (χ1v) is 14.5. The zero-order valence-electron chi connectivity index (χ0n) is 21.4. The molecule has 3 amide bonds. The number of carbonyl (C=O) groups is 3. The van der Waals surface area contributed by atoms with Crippen molar-refractivity contribution in [2.24, 2.45) is 0 Å². The summed E-state index contributed by atoms with van der Waals surface area (Å²) < 4.78 is 1.06. The van der Waals surface area contributed by atoms with E-state index in [1.54, 1.807) is 33.3 Å². The molecule has 1 aliphatic rings. The summed E-state index contributed by atoms with van der Waals surface area (Å²) in [5.41, 5.74) is 1.93. The maximum absolute atomic E-state index is 12.8. The van der Waals surface area contributed by atoms with Crippen LogP contribution in [0.1, 0.15) is 29.1 Å². The monoisotopic (exact) mass is 616 g/mol. The molecular formula is C28H30BrClN4O3S. The van der Waals surface area contributed by atoms with Crippen LogP contribution in [0.4, 0.5) is 5.69 Å². The molecule has 4 rings (SSSR count). The van der Waals surface area contributed by atoms with Crippen molar-refractivity contribution in [2.45, 2.75) is 20.4 Å². The van der Waals surface area contributed by atoms with E-state index < -0.39 is 11.8 Å². The van der Waals surface area contributed by atoms with Crippen molar-refractivity contribution in [2.75, 3.05) is 44.6 Å². The second-order valence-corrected chi connectivity index (χ2v) is 11.5. The number of benzene rings is 2. The van der Waals surface area contributed by atoms with Gasteiger partial charge in [0.2, 0.25) is 0 Å². The van der Waals surface area contributed by atoms with Gasteiger partial charge in [-0.1, -0.05) is 39.7 Å². The molecule has 1 fully saturated rings. The number of halogens is 2. The molecule has 0 radical (unpaired) electrons. The van der Waals surface area contributed by atoms with Gasteiger partial charge < -0.3 is 15.1 Å². The van der Waals surface area contributed by atoms with Crippen LogP contribution >= 0.6 is 38.9 Å². The van der Waals surface area contributed by atoms with Gasteiger partial charge in [0.15, 0.2) is 0 Å². The van der Waals surface area contributed by atoms with Crippen molar-refractivity contribution in [3.05, 3.63) is 74.5 Å². The Morgan fingerprint density at radius 3 is 2.39 bits per heavy atom. The number of hydrogen-bond acceptors (Lipinski definition) is 5. The Labute approximate surface area is 240 Å². The Morgan fingerprint density at radius 1 is 1.00 bits per heavy atom. The smallest absolute Gasteiger partial charge is 0.313 e. The minimum absolute atomic E-state index is 0.168. The average molecular weight is 618 g/mol. The number of thiophene rings is 1. The topological polar surface area (TPSA) is 73.0 Å². The van der Waals surface area contributed by atoms with Gasteiger partial charge in [-0.15, -0.1) is 11.3 Å². The number of carbonyl (C=O) groups excluding carboxylic acids is 3. The lowest BCUT2D eigenvalue weighted by Crippen LogP contribution is -2.51. The largest absolute Gasteiger partial charge is 0.339 e. The molecule has 1 aromatic heterocycles. The molecule has 38 heavy (non-hydrogen) atoms. The first-order chi connectivity index (χ1) is 18.3. The normalized spacial score (nSPS) is 13.8. The van der Waals surface area contributed by atoms with E-state index in [1.807, 2.05) is 26.0 Å². The van der Waals surface area contributed by atoms with E-state index in [0.717, 1.165) is 11.0 Å². The fraction of sp³-hybridized carbons (Fsp3) is 0.321. The molecular weight excluding hydrogens is 588 g/mol. The summed E-state index contributed by atoms with van der Waals surface area (Å²) in [4.78, 5) is 46.0. The predicted octanol–water partition coefficient (Wildman–Crippen LogP) is 5.60. The number of nitrogens with zero attached hydrogens (tertiary/aromatic N) is 3. The summed E-state index contributed by atoms with van der Waals surface area (Å²) in [6.45, 7) is 8.11. The van der Waals surface area contributed by atoms with Crippen molar-refractivity contribution in [3.8, 4) is 10.4 Å². The summed E-state index contributed by atoms with van der Waals surface area (Å²) in [7, 11) is 0. The summed E-state index contributed by atoms with van der Waals surface area (Å²) in [5, 5.41) is 2.86. The molecule has 0 atom stereocenters. The molecule has 0 aliphatic carbocycles. The Balaban J connectivity index is 1.28. The summed E-state index contributed by atoms with van der Waals surface area (Å²) >= 11 is 11.6. The second kappa shape index (κ2) is 12.9. The molecule has 2 heterocycles. The number of piperazine rings is 1. The van der Waals surface area contributed by atoms with E-state index >= 15 is 0 Å². The van der Waals surface area contributed by atoms with Gasteiger partial charge in [-0.2, -0.15) is 0 Å². The number of anilines is 1. The highest BCUT2D eigenvalue weighted by molar-refractivity contribution is 9.10. The summed E-state index contributed by atoms with van der Waals surface area (Å²) in [6.07, 6.45) is 0. The predicted molar refractivity (Wildman–Crippen MR) is 157 cm³/mol. The van der Waals surface area contributed by atoms with Gasteiger partial charge in [-0.25, -0.2) is 0 Å². The molecule has 0 unspecified atom stereocenters. The third-order valence-electron chi connectivity index (χ3n) is 6.51. The Morgan fingerprint density at radius 2 is 1.74 bits per heavy atom. The molecule has 0 bridgehead atoms. The van der Waals surface area contributed by atoms with Crippen LogP contribution in [0.25, 0.3) is 10.4 Å². The van der Waals surface area contributed by atoms with Crippen molar-refractivity contribution >= 4 is 62.3 Å². The van der Waals surface area contributed by atoms with Crippen molar-refractivity contribution in [1.82, 2.24) is 14.7 Å². The first kappa shape index (κ1) is 28.3. The van der Waals surface area contributed by atoms with Crippen molar-refractivity contribution in [1.29, 1.82) is 0 Å². The Bertz CT molecular complexity index is 1320. The van der Waals surface area contributed by atoms with E-state index in [4.69, 9.17) is 11.6 Å². The lowest BCUT2D eigenvalue weighted by atomic mass is 10.1. The van der Waals surface area contributed by atoms with Crippen LogP contribution in [0.5, 0.6) is 0 Å². The lowest BCUT2D eigenvalue weighted by Gasteiger charge is -2.34. The van der Waals surface area contributed by atoms with Crippen molar-refractivity contribution in [3.63, 3.8) is 0 Å². The molecule has 7 nitrogen and oxygen atoms in total. The minimum Gasteiger partial charge on any atom is -0.339 e. The average Bonchev–Trinajstić information content (AvgIpc) is 3.38. The fourth-order valence-electron chi connectivity index (χ4n) is 4.36. The van der Waals surface area contributed by atoms with Gasteiger partial charge in [0, 0.05) is 65.7 Å². The Hall–Kier alpha value is -2.72. The molecule has 1 saturated heterocycles. The molecule has 2 aromatic carbocycles. The SMILES string of the molecule is CCN(CC)C(=O)c1ccc(NC(=O)C(=O)N2CCN(Cc3ccc(-c4cccc(Br)c4)s3)CC2)cc1Cl. The number of amides is 3. The van der Waals surface area contributed by atoms with Crippen LogP contribution in [0, 0.1) is 0 Å². The summed E-state index contributed by atoms with van der Waals surface area (Å²) in [5.74, 6) is -1.45. The first-order valence-electron chi connectivity index (χ1n) is 12.5. The number of rotatable bonds is 7. The van der Waals surface area contributed by atoms with Crippen LogP contribution in [0.15, 0.2) is 59.1 Å². The zero-order valence-corrected chi connectivity index (χ0v) is 24.5. The van der Waals surface area contributed by atoms with Gasteiger partial charge in [0.1, 0.15) is 0 Å². The van der Waals surface area contributed by atoms with Crippen LogP contribution < -0.4 is 5.32 Å². The third kappa shape index (κ3) is 6.83. The van der Waals surface area contributed by atoms with Gasteiger partial charge in [0.05, 0.1) is 10.6 Å². The minimum atomic E-state index is -0.714. The third-order valence-corrected chi connectivity index (χ3v) is 8.44. The maximum Gasteiger partial charge on any atom is 0.313 e. The van der Waals surface area contributed by atoms with Gasteiger partial charge in [-0.05, 0) is 61.9 Å². The van der Waals surface area contributed by atoms with E-state index in [-0.39, 0.29) is 10.9 Å². The molecule has 3 aromatic rings. The maximum atomic E-state index is 12.8. The van der Waals surface area contributed by atoms with E-state index in [1.165, 1.54) is 21.4 Å². The van der Waals surface area contributed by atoms with E-state index in [2.05, 4.69) is 50.4 Å². The molecule has 1 N–H and O–H groups in total. The van der Waals surface area contributed by atoms with Crippen LogP contribution in [-0.4, -0.2) is 71.7 Å². The Kier molecular flexibility index (Phi) is 9.59. The highest BCUT2D eigenvalue weighted by Gasteiger charge is 2.27. The second-order valence-electron chi connectivity index (χ2n) is 8.97. The van der Waals surface area contributed by atoms with Gasteiger partial charge in [-0.3, -0.25) is 19.3 Å². The number of nitrogens with one attached hydrogen (secondary N) is 1. The van der Waals surface area contributed by atoms with Crippen molar-refractivity contribution < 1.29 is 14.4 Å². The van der Waals surface area contributed by atoms with Crippen LogP contribution in [-0.2, 0) is 16.1 Å². The molecule has 0 spiro atoms.